The topological polar surface area (TPSA) is 90.7 Å². The van der Waals surface area contributed by atoms with Crippen molar-refractivity contribution < 1.29 is 19.1 Å². The van der Waals surface area contributed by atoms with Gasteiger partial charge in [-0.15, -0.1) is 11.8 Å². The van der Waals surface area contributed by atoms with Crippen LogP contribution < -0.4 is 15.8 Å². The van der Waals surface area contributed by atoms with Crippen molar-refractivity contribution in [3.8, 4) is 5.75 Å². The predicted octanol–water partition coefficient (Wildman–Crippen LogP) is 0.867. The maximum Gasteiger partial charge on any atom is 0.323 e. The number of esters is 1. The number of hydrogen-bond acceptors (Lipinski definition) is 6. The molecule has 0 fully saturated rings. The van der Waals surface area contributed by atoms with Gasteiger partial charge in [0.1, 0.15) is 11.8 Å². The average Bonchev–Trinajstić information content (AvgIpc) is 2.46. The Morgan fingerprint density at radius 3 is 2.70 bits per heavy atom. The molecule has 3 N–H and O–H groups in total. The lowest BCUT2D eigenvalue weighted by Gasteiger charge is -2.11. The summed E-state index contributed by atoms with van der Waals surface area (Å²) in [6.07, 6.45) is 0. The van der Waals surface area contributed by atoms with Crippen molar-refractivity contribution in [2.24, 2.45) is 5.73 Å². The quantitative estimate of drug-likeness (QED) is 0.726. The van der Waals surface area contributed by atoms with Gasteiger partial charge in [-0.2, -0.15) is 0 Å². The highest BCUT2D eigenvalue weighted by Crippen LogP contribution is 2.23. The molecule has 0 aliphatic carbocycles. The monoisotopic (exact) mass is 298 g/mol. The third-order valence-corrected chi connectivity index (χ3v) is 3.48. The Bertz CT molecular complexity index is 467. The molecule has 0 aromatic heterocycles. The van der Waals surface area contributed by atoms with Crippen LogP contribution in [0.4, 0.5) is 5.69 Å². The number of ether oxygens (including phenoxy) is 2. The highest BCUT2D eigenvalue weighted by Gasteiger charge is 2.14. The number of methoxy groups -OCH3 is 2. The lowest BCUT2D eigenvalue weighted by Crippen LogP contribution is -2.34. The molecule has 20 heavy (non-hydrogen) atoms. The van der Waals surface area contributed by atoms with Gasteiger partial charge in [-0.1, -0.05) is 12.1 Å². The first kappa shape index (κ1) is 16.3. The van der Waals surface area contributed by atoms with Gasteiger partial charge in [-0.25, -0.2) is 0 Å². The van der Waals surface area contributed by atoms with Crippen molar-refractivity contribution in [2.45, 2.75) is 6.04 Å². The summed E-state index contributed by atoms with van der Waals surface area (Å²) in [7, 11) is 2.82. The van der Waals surface area contributed by atoms with Crippen molar-refractivity contribution in [3.63, 3.8) is 0 Å². The number of carbonyl (C=O) groups is 2. The Morgan fingerprint density at radius 2 is 2.05 bits per heavy atom. The third kappa shape index (κ3) is 5.10. The molecule has 0 aliphatic rings. The van der Waals surface area contributed by atoms with E-state index < -0.39 is 12.0 Å². The van der Waals surface area contributed by atoms with Crippen molar-refractivity contribution in [2.75, 3.05) is 31.0 Å². The van der Waals surface area contributed by atoms with Gasteiger partial charge in [0.05, 0.1) is 25.7 Å². The van der Waals surface area contributed by atoms with Crippen LogP contribution in [0.1, 0.15) is 0 Å². The largest absolute Gasteiger partial charge is 0.495 e. The minimum absolute atomic E-state index is 0.184. The standard InChI is InChI=1S/C13H18N2O4S/c1-18-11-6-4-3-5-10(11)15-12(16)8-20-7-9(14)13(17)19-2/h3-6,9H,7-8,14H2,1-2H3,(H,15,16). The van der Waals surface area contributed by atoms with E-state index >= 15 is 0 Å². The Labute approximate surface area is 122 Å². The van der Waals surface area contributed by atoms with E-state index in [9.17, 15) is 9.59 Å². The summed E-state index contributed by atoms with van der Waals surface area (Å²) in [5, 5.41) is 2.74. The summed E-state index contributed by atoms with van der Waals surface area (Å²) in [5.74, 6) is 0.450. The van der Waals surface area contributed by atoms with Crippen molar-refractivity contribution >= 4 is 29.3 Å². The summed E-state index contributed by atoms with van der Waals surface area (Å²) in [4.78, 5) is 22.8. The van der Waals surface area contributed by atoms with Crippen LogP contribution in [0.3, 0.4) is 0 Å². The number of anilines is 1. The molecule has 110 valence electrons. The third-order valence-electron chi connectivity index (χ3n) is 2.42. The Kier molecular flexibility index (Phi) is 6.89. The molecule has 6 nitrogen and oxygen atoms in total. The fourth-order valence-corrected chi connectivity index (χ4v) is 2.20. The van der Waals surface area contributed by atoms with Gasteiger partial charge in [0.25, 0.3) is 0 Å². The molecule has 1 atom stereocenters. The second-order valence-electron chi connectivity index (χ2n) is 3.89. The Hall–Kier alpha value is -1.73. The molecule has 1 amide bonds. The number of rotatable bonds is 7. The van der Waals surface area contributed by atoms with Crippen molar-refractivity contribution in [1.82, 2.24) is 0 Å². The highest BCUT2D eigenvalue weighted by molar-refractivity contribution is 8.00. The molecule has 0 radical (unpaired) electrons. The summed E-state index contributed by atoms with van der Waals surface area (Å²) < 4.78 is 9.63. The van der Waals surface area contributed by atoms with E-state index in [1.807, 2.05) is 6.07 Å². The zero-order valence-electron chi connectivity index (χ0n) is 11.4. The molecule has 0 saturated carbocycles. The summed E-state index contributed by atoms with van der Waals surface area (Å²) in [6.45, 7) is 0. The van der Waals surface area contributed by atoms with E-state index in [1.54, 1.807) is 18.2 Å². The maximum atomic E-state index is 11.8. The fraction of sp³-hybridized carbons (Fsp3) is 0.385. The zero-order chi connectivity index (χ0) is 15.0. The molecule has 1 unspecified atom stereocenters. The number of amides is 1. The van der Waals surface area contributed by atoms with Crippen LogP contribution in [0.5, 0.6) is 5.75 Å². The molecule has 0 heterocycles. The number of thioether (sulfide) groups is 1. The lowest BCUT2D eigenvalue weighted by molar-refractivity contribution is -0.141. The van der Waals surface area contributed by atoms with Crippen molar-refractivity contribution in [1.29, 1.82) is 0 Å². The van der Waals surface area contributed by atoms with E-state index in [0.29, 0.717) is 17.2 Å². The number of nitrogens with two attached hydrogens (primary N) is 1. The fourth-order valence-electron chi connectivity index (χ4n) is 1.43. The van der Waals surface area contributed by atoms with Crippen LogP contribution in [0.25, 0.3) is 0 Å². The van der Waals surface area contributed by atoms with Gasteiger partial charge < -0.3 is 20.5 Å². The van der Waals surface area contributed by atoms with E-state index in [1.165, 1.54) is 26.0 Å². The van der Waals surface area contributed by atoms with Gasteiger partial charge in [0.2, 0.25) is 5.91 Å². The summed E-state index contributed by atoms with van der Waals surface area (Å²) >= 11 is 1.27. The molecule has 0 spiro atoms. The first-order valence-corrected chi connectivity index (χ1v) is 7.08. The first-order valence-electron chi connectivity index (χ1n) is 5.92. The smallest absolute Gasteiger partial charge is 0.323 e. The van der Waals surface area contributed by atoms with E-state index in [-0.39, 0.29) is 11.7 Å². The van der Waals surface area contributed by atoms with Gasteiger partial charge in [-0.3, -0.25) is 9.59 Å². The van der Waals surface area contributed by atoms with Gasteiger partial charge in [0.15, 0.2) is 0 Å². The minimum Gasteiger partial charge on any atom is -0.495 e. The van der Waals surface area contributed by atoms with E-state index in [4.69, 9.17) is 10.5 Å². The molecule has 0 bridgehead atoms. The second-order valence-corrected chi connectivity index (χ2v) is 4.92. The maximum absolute atomic E-state index is 11.8. The van der Waals surface area contributed by atoms with Gasteiger partial charge in [-0.05, 0) is 12.1 Å². The molecular formula is C13H18N2O4S. The molecular weight excluding hydrogens is 280 g/mol. The number of benzene rings is 1. The number of hydrogen-bond donors (Lipinski definition) is 2. The zero-order valence-corrected chi connectivity index (χ0v) is 12.2. The molecule has 1 aromatic carbocycles. The number of nitrogens with one attached hydrogen (secondary N) is 1. The normalized spacial score (nSPS) is 11.6. The Morgan fingerprint density at radius 1 is 1.35 bits per heavy atom. The lowest BCUT2D eigenvalue weighted by atomic mass is 10.3. The summed E-state index contributed by atoms with van der Waals surface area (Å²) in [5.41, 5.74) is 6.17. The van der Waals surface area contributed by atoms with Gasteiger partial charge in [0, 0.05) is 5.75 Å². The molecule has 1 aromatic rings. The molecule has 1 rings (SSSR count). The van der Waals surface area contributed by atoms with Crippen LogP contribution in [-0.4, -0.2) is 43.6 Å². The molecule has 0 saturated heterocycles. The molecule has 0 aliphatic heterocycles. The first-order chi connectivity index (χ1) is 9.58. The predicted molar refractivity (Wildman–Crippen MR) is 78.9 cm³/mol. The second kappa shape index (κ2) is 8.44. The van der Waals surface area contributed by atoms with E-state index in [0.717, 1.165) is 0 Å². The van der Waals surface area contributed by atoms with Crippen molar-refractivity contribution in [3.05, 3.63) is 24.3 Å². The SMILES string of the molecule is COC(=O)C(N)CSCC(=O)Nc1ccccc1OC. The van der Waals surface area contributed by atoms with Gasteiger partial charge >= 0.3 is 5.97 Å². The average molecular weight is 298 g/mol. The van der Waals surface area contributed by atoms with Crippen LogP contribution in [0.2, 0.25) is 0 Å². The van der Waals surface area contributed by atoms with Crippen LogP contribution >= 0.6 is 11.8 Å². The van der Waals surface area contributed by atoms with E-state index in [2.05, 4.69) is 10.1 Å². The molecule has 7 heteroatoms. The van der Waals surface area contributed by atoms with Crippen LogP contribution in [-0.2, 0) is 14.3 Å². The number of para-hydroxylation sites is 2. The highest BCUT2D eigenvalue weighted by atomic mass is 32.2. The van der Waals surface area contributed by atoms with Crippen LogP contribution in [0, 0.1) is 0 Å². The number of carbonyl (C=O) groups excluding carboxylic acids is 2. The minimum atomic E-state index is -0.718. The summed E-state index contributed by atoms with van der Waals surface area (Å²) in [6, 6.07) is 6.42. The van der Waals surface area contributed by atoms with Crippen LogP contribution in [0.15, 0.2) is 24.3 Å². The Balaban J connectivity index is 2.39.